The lowest BCUT2D eigenvalue weighted by Crippen LogP contribution is -2.45. The number of H-pyrrole nitrogens is 1. The topological polar surface area (TPSA) is 89.0 Å². The third-order valence-corrected chi connectivity index (χ3v) is 5.20. The van der Waals surface area contributed by atoms with E-state index in [2.05, 4.69) is 22.1 Å². The van der Waals surface area contributed by atoms with Crippen LogP contribution in [0, 0.1) is 31.1 Å². The minimum absolute atomic E-state index is 0.00562. The molecule has 0 unspecified atom stereocenters. The number of pyridine rings is 1. The monoisotopic (exact) mass is 358 g/mol. The Kier molecular flexibility index (Phi) is 6.98. The Morgan fingerprint density at radius 1 is 1.46 bits per heavy atom. The molecule has 2 atom stereocenters. The van der Waals surface area contributed by atoms with Crippen LogP contribution in [0.5, 0.6) is 0 Å². The van der Waals surface area contributed by atoms with Gasteiger partial charge in [-0.3, -0.25) is 9.59 Å². The molecule has 0 radical (unpaired) electrons. The average molecular weight is 358 g/mol. The summed E-state index contributed by atoms with van der Waals surface area (Å²) < 4.78 is 0. The quantitative estimate of drug-likeness (QED) is 0.814. The fraction of sp³-hybridized carbons (Fsp3) is 0.650. The van der Waals surface area contributed by atoms with Crippen molar-refractivity contribution < 1.29 is 4.79 Å². The summed E-state index contributed by atoms with van der Waals surface area (Å²) in [6, 6.07) is 2.06. The van der Waals surface area contributed by atoms with Crippen molar-refractivity contribution in [2.45, 2.75) is 59.4 Å². The molecule has 1 fully saturated rings. The molecule has 142 valence electrons. The second kappa shape index (κ2) is 9.00. The summed E-state index contributed by atoms with van der Waals surface area (Å²) in [5, 5.41) is 12.2. The molecule has 0 aromatic carbocycles. The van der Waals surface area contributed by atoms with Crippen molar-refractivity contribution in [3.05, 3.63) is 32.7 Å². The molecule has 1 saturated heterocycles. The van der Waals surface area contributed by atoms with Crippen LogP contribution in [0.1, 0.15) is 55.5 Å². The summed E-state index contributed by atoms with van der Waals surface area (Å²) in [6.45, 7) is 11.0. The predicted molar refractivity (Wildman–Crippen MR) is 102 cm³/mol. The minimum atomic E-state index is -0.361. The summed E-state index contributed by atoms with van der Waals surface area (Å²) in [5.41, 5.74) is 2.07. The van der Waals surface area contributed by atoms with Crippen molar-refractivity contribution in [3.63, 3.8) is 0 Å². The highest BCUT2D eigenvalue weighted by molar-refractivity contribution is 5.76. The van der Waals surface area contributed by atoms with Crippen molar-refractivity contribution in [3.8, 4) is 6.07 Å². The largest absolute Gasteiger partial charge is 0.352 e. The zero-order chi connectivity index (χ0) is 19.3. The van der Waals surface area contributed by atoms with Gasteiger partial charge in [-0.05, 0) is 63.6 Å². The Labute approximate surface area is 155 Å². The Bertz CT molecular complexity index is 747. The van der Waals surface area contributed by atoms with Crippen molar-refractivity contribution in [2.24, 2.45) is 5.92 Å². The Hall–Kier alpha value is -2.13. The van der Waals surface area contributed by atoms with E-state index in [1.165, 1.54) is 12.8 Å². The van der Waals surface area contributed by atoms with E-state index in [0.29, 0.717) is 18.4 Å². The molecule has 0 bridgehead atoms. The molecule has 2 N–H and O–H groups in total. The first-order chi connectivity index (χ1) is 12.3. The van der Waals surface area contributed by atoms with Gasteiger partial charge in [0.2, 0.25) is 5.91 Å². The first kappa shape index (κ1) is 20.2. The summed E-state index contributed by atoms with van der Waals surface area (Å²) >= 11 is 0. The maximum atomic E-state index is 12.3. The van der Waals surface area contributed by atoms with Gasteiger partial charge in [-0.25, -0.2) is 0 Å². The molecular weight excluding hydrogens is 328 g/mol. The van der Waals surface area contributed by atoms with Gasteiger partial charge in [0.25, 0.3) is 5.56 Å². The number of amides is 1. The van der Waals surface area contributed by atoms with Crippen molar-refractivity contribution >= 4 is 5.91 Å². The van der Waals surface area contributed by atoms with Gasteiger partial charge in [0.15, 0.2) is 0 Å². The van der Waals surface area contributed by atoms with Crippen molar-refractivity contribution in [1.82, 2.24) is 15.2 Å². The number of nitrogens with one attached hydrogen (secondary N) is 2. The van der Waals surface area contributed by atoms with Crippen LogP contribution < -0.4 is 10.9 Å². The number of aryl methyl sites for hydroxylation is 1. The molecule has 6 nitrogen and oxygen atoms in total. The highest BCUT2D eigenvalue weighted by Gasteiger charge is 2.19. The van der Waals surface area contributed by atoms with Crippen LogP contribution in [0.15, 0.2) is 4.79 Å². The van der Waals surface area contributed by atoms with Crippen molar-refractivity contribution in [2.75, 3.05) is 19.6 Å². The lowest BCUT2D eigenvalue weighted by atomic mass is 9.99. The summed E-state index contributed by atoms with van der Waals surface area (Å²) in [6.07, 6.45) is 3.38. The molecule has 1 aromatic rings. The lowest BCUT2D eigenvalue weighted by Gasteiger charge is -2.32. The first-order valence-electron chi connectivity index (χ1n) is 9.46. The van der Waals surface area contributed by atoms with Gasteiger partial charge in [-0.15, -0.1) is 0 Å². The number of rotatable bonds is 6. The highest BCUT2D eigenvalue weighted by atomic mass is 16.1. The van der Waals surface area contributed by atoms with Crippen LogP contribution in [0.4, 0.5) is 0 Å². The molecule has 26 heavy (non-hydrogen) atoms. The van der Waals surface area contributed by atoms with E-state index in [4.69, 9.17) is 5.26 Å². The number of hydrogen-bond donors (Lipinski definition) is 2. The van der Waals surface area contributed by atoms with E-state index in [1.54, 1.807) is 6.92 Å². The second-order valence-corrected chi connectivity index (χ2v) is 7.65. The van der Waals surface area contributed by atoms with E-state index in [9.17, 15) is 9.59 Å². The van der Waals surface area contributed by atoms with Crippen LogP contribution in [0.3, 0.4) is 0 Å². The maximum Gasteiger partial charge on any atom is 0.266 e. The molecule has 0 spiro atoms. The maximum absolute atomic E-state index is 12.3. The summed E-state index contributed by atoms with van der Waals surface area (Å²) in [7, 11) is 0. The smallest absolute Gasteiger partial charge is 0.266 e. The SMILES string of the molecule is Cc1[nH]c(=O)c(C#N)c(C)c1CCC(=O)N[C@@H](C)CN1CCC[C@H](C)C1. The van der Waals surface area contributed by atoms with Crippen LogP contribution in [-0.4, -0.2) is 41.5 Å². The Balaban J connectivity index is 1.89. The molecule has 1 aliphatic rings. The predicted octanol–water partition coefficient (Wildman–Crippen LogP) is 2.03. The average Bonchev–Trinajstić information content (AvgIpc) is 2.54. The Morgan fingerprint density at radius 3 is 2.85 bits per heavy atom. The third-order valence-electron chi connectivity index (χ3n) is 5.20. The number of nitrogens with zero attached hydrogens (tertiary/aromatic N) is 2. The van der Waals surface area contributed by atoms with Crippen LogP contribution in [0.25, 0.3) is 0 Å². The van der Waals surface area contributed by atoms with E-state index in [-0.39, 0.29) is 23.1 Å². The molecule has 0 aliphatic carbocycles. The number of aromatic amines is 1. The lowest BCUT2D eigenvalue weighted by molar-refractivity contribution is -0.121. The number of aromatic nitrogens is 1. The zero-order valence-corrected chi connectivity index (χ0v) is 16.3. The number of nitriles is 1. The fourth-order valence-electron chi connectivity index (χ4n) is 3.89. The Morgan fingerprint density at radius 2 is 2.19 bits per heavy atom. The first-order valence-corrected chi connectivity index (χ1v) is 9.46. The summed E-state index contributed by atoms with van der Waals surface area (Å²) in [4.78, 5) is 29.2. The third kappa shape index (κ3) is 5.18. The molecule has 1 amide bonds. The van der Waals surface area contributed by atoms with Gasteiger partial charge in [-0.2, -0.15) is 5.26 Å². The van der Waals surface area contributed by atoms with Crippen molar-refractivity contribution in [1.29, 1.82) is 5.26 Å². The van der Waals surface area contributed by atoms with E-state index in [1.807, 2.05) is 19.9 Å². The molecule has 0 saturated carbocycles. The number of carbonyl (C=O) groups is 1. The summed E-state index contributed by atoms with van der Waals surface area (Å²) in [5.74, 6) is 0.734. The number of hydrogen-bond acceptors (Lipinski definition) is 4. The molecule has 1 aliphatic heterocycles. The molecule has 2 heterocycles. The van der Waals surface area contributed by atoms with Gasteiger partial charge in [0.1, 0.15) is 11.6 Å². The highest BCUT2D eigenvalue weighted by Crippen LogP contribution is 2.16. The second-order valence-electron chi connectivity index (χ2n) is 7.65. The number of carbonyl (C=O) groups excluding carboxylic acids is 1. The molecular formula is C20H30N4O2. The van der Waals surface area contributed by atoms with Gasteiger partial charge in [-0.1, -0.05) is 6.92 Å². The van der Waals surface area contributed by atoms with Gasteiger partial charge < -0.3 is 15.2 Å². The number of likely N-dealkylation sites (tertiary alicyclic amines) is 1. The molecule has 2 rings (SSSR count). The minimum Gasteiger partial charge on any atom is -0.352 e. The fourth-order valence-corrected chi connectivity index (χ4v) is 3.89. The molecule has 1 aromatic heterocycles. The van der Waals surface area contributed by atoms with E-state index < -0.39 is 0 Å². The van der Waals surface area contributed by atoms with E-state index >= 15 is 0 Å². The normalized spacial score (nSPS) is 19.0. The van der Waals surface area contributed by atoms with Gasteiger partial charge in [0.05, 0.1) is 0 Å². The molecule has 6 heteroatoms. The zero-order valence-electron chi connectivity index (χ0n) is 16.3. The van der Waals surface area contributed by atoms with Gasteiger partial charge >= 0.3 is 0 Å². The van der Waals surface area contributed by atoms with E-state index in [0.717, 1.165) is 36.8 Å². The van der Waals surface area contributed by atoms with Crippen LogP contribution in [-0.2, 0) is 11.2 Å². The van der Waals surface area contributed by atoms with Crippen LogP contribution in [0.2, 0.25) is 0 Å². The number of piperidine rings is 1. The standard InChI is InChI=1S/C20H30N4O2/c1-13-6-5-9-24(11-13)12-14(2)22-19(25)8-7-17-15(3)18(10-21)20(26)23-16(17)4/h13-14H,5-9,11-12H2,1-4H3,(H,22,25)(H,23,26)/t13-,14-/m0/s1. The van der Waals surface area contributed by atoms with Crippen LogP contribution >= 0.6 is 0 Å². The van der Waals surface area contributed by atoms with Gasteiger partial charge in [0, 0.05) is 31.2 Å².